The van der Waals surface area contributed by atoms with Gasteiger partial charge in [-0.05, 0) is 65.1 Å². The molecule has 1 fully saturated rings. The molecular formula is C20H25BrClN5O2. The maximum absolute atomic E-state index is 10.6. The SMILES string of the molecule is O=C(O)NCC1CCC(CNc2ncc(Br)c(NCc3ccccc3Cl)n2)CC1. The van der Waals surface area contributed by atoms with E-state index in [1.165, 1.54) is 0 Å². The van der Waals surface area contributed by atoms with E-state index in [1.54, 1.807) is 6.20 Å². The van der Waals surface area contributed by atoms with E-state index in [2.05, 4.69) is 41.8 Å². The van der Waals surface area contributed by atoms with E-state index in [0.29, 0.717) is 36.7 Å². The Morgan fingerprint density at radius 2 is 1.83 bits per heavy atom. The number of hydrogen-bond acceptors (Lipinski definition) is 5. The molecule has 4 N–H and O–H groups in total. The Labute approximate surface area is 183 Å². The summed E-state index contributed by atoms with van der Waals surface area (Å²) in [6.45, 7) is 1.93. The Kier molecular flexibility index (Phi) is 7.94. The number of aromatic nitrogens is 2. The fraction of sp³-hybridized carbons (Fsp3) is 0.450. The molecule has 156 valence electrons. The molecule has 1 aromatic heterocycles. The van der Waals surface area contributed by atoms with Gasteiger partial charge in [0.1, 0.15) is 5.82 Å². The standard InChI is InChI=1S/C20H25BrClN5O2/c21-16-12-25-19(27-18(16)23-11-15-3-1-2-4-17(15)22)24-9-13-5-7-14(8-6-13)10-26-20(28)29/h1-4,12-14,26H,5-11H2,(H,28,29)(H2,23,24,25,27). The quantitative estimate of drug-likeness (QED) is 0.423. The predicted molar refractivity (Wildman–Crippen MR) is 118 cm³/mol. The van der Waals surface area contributed by atoms with E-state index in [0.717, 1.165) is 47.3 Å². The molecule has 0 radical (unpaired) electrons. The van der Waals surface area contributed by atoms with Crippen LogP contribution in [0.5, 0.6) is 0 Å². The molecular weight excluding hydrogens is 458 g/mol. The normalized spacial score (nSPS) is 18.8. The number of hydrogen-bond donors (Lipinski definition) is 4. The number of anilines is 2. The molecule has 0 spiro atoms. The van der Waals surface area contributed by atoms with Crippen LogP contribution in [0.1, 0.15) is 31.2 Å². The Morgan fingerprint density at radius 3 is 2.52 bits per heavy atom. The summed E-state index contributed by atoms with van der Waals surface area (Å²) in [4.78, 5) is 19.5. The second kappa shape index (κ2) is 10.6. The van der Waals surface area contributed by atoms with E-state index in [9.17, 15) is 4.79 Å². The van der Waals surface area contributed by atoms with E-state index >= 15 is 0 Å². The summed E-state index contributed by atoms with van der Waals surface area (Å²) in [6.07, 6.45) is 5.02. The van der Waals surface area contributed by atoms with Gasteiger partial charge in [0.05, 0.1) is 4.47 Å². The van der Waals surface area contributed by atoms with Gasteiger partial charge < -0.3 is 21.1 Å². The Hall–Kier alpha value is -2.06. The number of nitrogens with zero attached hydrogens (tertiary/aromatic N) is 2. The molecule has 1 amide bonds. The highest BCUT2D eigenvalue weighted by Gasteiger charge is 2.21. The molecule has 2 aromatic rings. The van der Waals surface area contributed by atoms with Crippen molar-refractivity contribution in [2.45, 2.75) is 32.2 Å². The first-order valence-electron chi connectivity index (χ1n) is 9.71. The van der Waals surface area contributed by atoms with Gasteiger partial charge in [-0.2, -0.15) is 4.98 Å². The number of amides is 1. The number of carboxylic acid groups (broad SMARTS) is 1. The number of nitrogens with one attached hydrogen (secondary N) is 3. The summed E-state index contributed by atoms with van der Waals surface area (Å²) in [6, 6.07) is 7.71. The Morgan fingerprint density at radius 1 is 1.14 bits per heavy atom. The maximum Gasteiger partial charge on any atom is 0.404 e. The van der Waals surface area contributed by atoms with Crippen LogP contribution < -0.4 is 16.0 Å². The molecule has 1 saturated carbocycles. The zero-order valence-electron chi connectivity index (χ0n) is 16.0. The van der Waals surface area contributed by atoms with Gasteiger partial charge in [-0.1, -0.05) is 29.8 Å². The second-order valence-electron chi connectivity index (χ2n) is 7.29. The monoisotopic (exact) mass is 481 g/mol. The van der Waals surface area contributed by atoms with Gasteiger partial charge in [0.2, 0.25) is 5.95 Å². The first kappa shape index (κ1) is 21.6. The van der Waals surface area contributed by atoms with Crippen LogP contribution in [0.2, 0.25) is 5.02 Å². The average Bonchev–Trinajstić information content (AvgIpc) is 2.72. The zero-order valence-corrected chi connectivity index (χ0v) is 18.3. The molecule has 9 heteroatoms. The molecule has 1 aromatic carbocycles. The van der Waals surface area contributed by atoms with Crippen LogP contribution in [0, 0.1) is 11.8 Å². The van der Waals surface area contributed by atoms with Gasteiger partial charge >= 0.3 is 6.09 Å². The largest absolute Gasteiger partial charge is 0.465 e. The third kappa shape index (κ3) is 6.75. The van der Waals surface area contributed by atoms with Gasteiger partial charge in [-0.15, -0.1) is 0 Å². The fourth-order valence-corrected chi connectivity index (χ4v) is 4.04. The third-order valence-corrected chi connectivity index (χ3v) is 6.15. The molecule has 1 aliphatic carbocycles. The van der Waals surface area contributed by atoms with Crippen molar-refractivity contribution in [2.24, 2.45) is 11.8 Å². The Balaban J connectivity index is 1.47. The molecule has 0 atom stereocenters. The molecule has 1 heterocycles. The van der Waals surface area contributed by atoms with Gasteiger partial charge in [0, 0.05) is 30.9 Å². The molecule has 1 aliphatic rings. The van der Waals surface area contributed by atoms with Crippen molar-refractivity contribution in [3.8, 4) is 0 Å². The lowest BCUT2D eigenvalue weighted by Crippen LogP contribution is -2.31. The minimum absolute atomic E-state index is 0.437. The van der Waals surface area contributed by atoms with E-state index in [-0.39, 0.29) is 0 Å². The molecule has 0 unspecified atom stereocenters. The van der Waals surface area contributed by atoms with Gasteiger partial charge in [-0.25, -0.2) is 9.78 Å². The van der Waals surface area contributed by atoms with Crippen molar-refractivity contribution < 1.29 is 9.90 Å². The third-order valence-electron chi connectivity index (χ3n) is 5.21. The molecule has 29 heavy (non-hydrogen) atoms. The van der Waals surface area contributed by atoms with Crippen molar-refractivity contribution in [3.63, 3.8) is 0 Å². The second-order valence-corrected chi connectivity index (χ2v) is 8.55. The van der Waals surface area contributed by atoms with Crippen molar-refractivity contribution >= 4 is 45.4 Å². The van der Waals surface area contributed by atoms with Crippen LogP contribution >= 0.6 is 27.5 Å². The van der Waals surface area contributed by atoms with Crippen LogP contribution in [0.4, 0.5) is 16.6 Å². The van der Waals surface area contributed by atoms with Crippen LogP contribution in [0.25, 0.3) is 0 Å². The molecule has 0 saturated heterocycles. The van der Waals surface area contributed by atoms with Crippen LogP contribution in [0.3, 0.4) is 0 Å². The molecule has 0 aliphatic heterocycles. The van der Waals surface area contributed by atoms with Gasteiger partial charge in [-0.3, -0.25) is 0 Å². The maximum atomic E-state index is 10.6. The Bertz CT molecular complexity index is 830. The van der Waals surface area contributed by atoms with E-state index < -0.39 is 6.09 Å². The van der Waals surface area contributed by atoms with Crippen molar-refractivity contribution in [2.75, 3.05) is 23.7 Å². The van der Waals surface area contributed by atoms with Crippen LogP contribution in [0.15, 0.2) is 34.9 Å². The van der Waals surface area contributed by atoms with E-state index in [1.807, 2.05) is 24.3 Å². The first-order valence-corrected chi connectivity index (χ1v) is 10.9. The lowest BCUT2D eigenvalue weighted by molar-refractivity contribution is 0.188. The van der Waals surface area contributed by atoms with Gasteiger partial charge in [0.15, 0.2) is 0 Å². The summed E-state index contributed by atoms with van der Waals surface area (Å²) >= 11 is 9.70. The van der Waals surface area contributed by atoms with Crippen LogP contribution in [-0.2, 0) is 6.54 Å². The zero-order chi connectivity index (χ0) is 20.6. The fourth-order valence-electron chi connectivity index (χ4n) is 3.50. The number of carbonyl (C=O) groups is 1. The van der Waals surface area contributed by atoms with Crippen molar-refractivity contribution in [1.29, 1.82) is 0 Å². The topological polar surface area (TPSA) is 99.2 Å². The number of benzene rings is 1. The number of halogens is 2. The smallest absolute Gasteiger partial charge is 0.404 e. The van der Waals surface area contributed by atoms with Crippen LogP contribution in [-0.4, -0.2) is 34.3 Å². The first-order chi connectivity index (χ1) is 14.0. The van der Waals surface area contributed by atoms with Gasteiger partial charge in [0.25, 0.3) is 0 Å². The molecule has 3 rings (SSSR count). The highest BCUT2D eigenvalue weighted by molar-refractivity contribution is 9.10. The molecule has 0 bridgehead atoms. The highest BCUT2D eigenvalue weighted by Crippen LogP contribution is 2.29. The minimum atomic E-state index is -0.944. The van der Waals surface area contributed by atoms with Crippen molar-refractivity contribution in [3.05, 3.63) is 45.5 Å². The minimum Gasteiger partial charge on any atom is -0.465 e. The summed E-state index contributed by atoms with van der Waals surface area (Å²) in [7, 11) is 0. The van der Waals surface area contributed by atoms with E-state index in [4.69, 9.17) is 16.7 Å². The number of rotatable bonds is 8. The summed E-state index contributed by atoms with van der Waals surface area (Å²) in [5, 5.41) is 18.6. The van der Waals surface area contributed by atoms with Crippen molar-refractivity contribution in [1.82, 2.24) is 15.3 Å². The summed E-state index contributed by atoms with van der Waals surface area (Å²) in [5.74, 6) is 2.28. The summed E-state index contributed by atoms with van der Waals surface area (Å²) in [5.41, 5.74) is 1.00. The summed E-state index contributed by atoms with van der Waals surface area (Å²) < 4.78 is 0.793. The molecule has 7 nitrogen and oxygen atoms in total. The predicted octanol–water partition coefficient (Wildman–Crippen LogP) is 4.99. The lowest BCUT2D eigenvalue weighted by atomic mass is 9.82. The lowest BCUT2D eigenvalue weighted by Gasteiger charge is -2.28. The highest BCUT2D eigenvalue weighted by atomic mass is 79.9. The average molecular weight is 483 g/mol.